The Kier molecular flexibility index (Phi) is 6.63. The molecule has 0 fully saturated rings. The molecule has 0 radical (unpaired) electrons. The van der Waals surface area contributed by atoms with Gasteiger partial charge >= 0.3 is 0 Å². The molecule has 0 spiro atoms. The highest BCUT2D eigenvalue weighted by Gasteiger charge is 2.00. The number of aryl methyl sites for hydroxylation is 1. The fourth-order valence-corrected chi connectivity index (χ4v) is 1.71. The lowest BCUT2D eigenvalue weighted by molar-refractivity contribution is 0.302. The number of nitrogens with one attached hydrogen (secondary N) is 1. The van der Waals surface area contributed by atoms with Gasteiger partial charge in [-0.3, -0.25) is 0 Å². The van der Waals surface area contributed by atoms with Gasteiger partial charge in [0.25, 0.3) is 0 Å². The zero-order chi connectivity index (χ0) is 12.5. The lowest BCUT2D eigenvalue weighted by Gasteiger charge is -2.08. The molecule has 0 atom stereocenters. The quantitative estimate of drug-likeness (QED) is 0.703. The number of rotatable bonds is 8. The van der Waals surface area contributed by atoms with Crippen LogP contribution in [0.3, 0.4) is 0 Å². The van der Waals surface area contributed by atoms with Crippen LogP contribution in [0.25, 0.3) is 0 Å². The van der Waals surface area contributed by atoms with Crippen LogP contribution in [0.2, 0.25) is 0 Å². The van der Waals surface area contributed by atoms with Gasteiger partial charge in [0.05, 0.1) is 6.61 Å². The van der Waals surface area contributed by atoms with Crippen molar-refractivity contribution in [3.05, 3.63) is 29.6 Å². The third-order valence-electron chi connectivity index (χ3n) is 2.72. The minimum atomic E-state index is -0.207. The van der Waals surface area contributed by atoms with Gasteiger partial charge in [-0.1, -0.05) is 12.8 Å². The maximum atomic E-state index is 12.8. The average Bonchev–Trinajstić information content (AvgIpc) is 2.30. The third kappa shape index (κ3) is 5.68. The predicted octanol–water partition coefficient (Wildman–Crippen LogP) is 3.29. The number of halogens is 1. The molecule has 96 valence electrons. The van der Waals surface area contributed by atoms with Crippen molar-refractivity contribution in [2.45, 2.75) is 32.6 Å². The maximum Gasteiger partial charge on any atom is 0.123 e. The molecular weight excluding hydrogens is 217 g/mol. The number of benzene rings is 1. The van der Waals surface area contributed by atoms with Crippen LogP contribution < -0.4 is 10.1 Å². The van der Waals surface area contributed by atoms with Gasteiger partial charge in [0.1, 0.15) is 11.6 Å². The Morgan fingerprint density at radius 2 is 1.94 bits per heavy atom. The highest BCUT2D eigenvalue weighted by atomic mass is 19.1. The summed E-state index contributed by atoms with van der Waals surface area (Å²) in [6.07, 6.45) is 4.68. The molecule has 17 heavy (non-hydrogen) atoms. The maximum absolute atomic E-state index is 12.8. The Hall–Kier alpha value is -1.09. The van der Waals surface area contributed by atoms with Gasteiger partial charge in [-0.05, 0) is 57.1 Å². The summed E-state index contributed by atoms with van der Waals surface area (Å²) in [5.74, 6) is 0.587. The second kappa shape index (κ2) is 8.07. The fraction of sp³-hybridized carbons (Fsp3) is 0.571. The fourth-order valence-electron chi connectivity index (χ4n) is 1.71. The lowest BCUT2D eigenvalue weighted by Crippen LogP contribution is -2.07. The molecule has 2 nitrogen and oxygen atoms in total. The van der Waals surface area contributed by atoms with Crippen molar-refractivity contribution in [2.75, 3.05) is 20.2 Å². The number of unbranched alkanes of at least 4 members (excludes halogenated alkanes) is 3. The molecule has 1 N–H and O–H groups in total. The van der Waals surface area contributed by atoms with Crippen LogP contribution in [0.1, 0.15) is 31.2 Å². The molecule has 0 saturated carbocycles. The topological polar surface area (TPSA) is 21.3 Å². The third-order valence-corrected chi connectivity index (χ3v) is 2.72. The summed E-state index contributed by atoms with van der Waals surface area (Å²) in [6, 6.07) is 4.64. The van der Waals surface area contributed by atoms with Crippen LogP contribution in [0.5, 0.6) is 5.75 Å². The van der Waals surface area contributed by atoms with Crippen molar-refractivity contribution in [1.82, 2.24) is 5.32 Å². The highest BCUT2D eigenvalue weighted by molar-refractivity contribution is 5.32. The lowest BCUT2D eigenvalue weighted by atomic mass is 10.2. The summed E-state index contributed by atoms with van der Waals surface area (Å²) in [5.41, 5.74) is 0.861. The van der Waals surface area contributed by atoms with E-state index in [0.29, 0.717) is 6.61 Å². The van der Waals surface area contributed by atoms with E-state index >= 15 is 0 Å². The first-order valence-electron chi connectivity index (χ1n) is 6.27. The zero-order valence-corrected chi connectivity index (χ0v) is 10.8. The molecule has 1 rings (SSSR count). The van der Waals surface area contributed by atoms with E-state index in [4.69, 9.17) is 4.74 Å². The van der Waals surface area contributed by atoms with Crippen molar-refractivity contribution >= 4 is 0 Å². The van der Waals surface area contributed by atoms with E-state index < -0.39 is 0 Å². The minimum absolute atomic E-state index is 0.207. The van der Waals surface area contributed by atoms with Crippen molar-refractivity contribution in [3.63, 3.8) is 0 Å². The Labute approximate surface area is 103 Å². The van der Waals surface area contributed by atoms with Crippen LogP contribution in [0.4, 0.5) is 4.39 Å². The van der Waals surface area contributed by atoms with Crippen LogP contribution in [-0.4, -0.2) is 20.2 Å². The van der Waals surface area contributed by atoms with Gasteiger partial charge in [0, 0.05) is 0 Å². The normalized spacial score (nSPS) is 10.5. The Balaban J connectivity index is 2.14. The second-order valence-corrected chi connectivity index (χ2v) is 4.28. The van der Waals surface area contributed by atoms with E-state index in [0.717, 1.165) is 24.3 Å². The molecular formula is C14H22FNO. The van der Waals surface area contributed by atoms with E-state index in [9.17, 15) is 4.39 Å². The summed E-state index contributed by atoms with van der Waals surface area (Å²) in [6.45, 7) is 3.66. The molecule has 0 unspecified atom stereocenters. The first kappa shape index (κ1) is 14.0. The van der Waals surface area contributed by atoms with E-state index in [1.807, 2.05) is 14.0 Å². The number of hydrogen-bond acceptors (Lipinski definition) is 2. The van der Waals surface area contributed by atoms with Crippen molar-refractivity contribution in [1.29, 1.82) is 0 Å². The summed E-state index contributed by atoms with van der Waals surface area (Å²) in [5, 5.41) is 3.13. The summed E-state index contributed by atoms with van der Waals surface area (Å²) in [7, 11) is 1.97. The SMILES string of the molecule is CNCCCCCCOc1ccc(F)cc1C. The molecule has 1 aromatic carbocycles. The first-order chi connectivity index (χ1) is 8.24. The monoisotopic (exact) mass is 239 g/mol. The molecule has 1 aromatic rings. The number of hydrogen-bond donors (Lipinski definition) is 1. The van der Waals surface area contributed by atoms with Gasteiger partial charge in [-0.25, -0.2) is 4.39 Å². The van der Waals surface area contributed by atoms with Crippen LogP contribution in [0, 0.1) is 12.7 Å². The smallest absolute Gasteiger partial charge is 0.123 e. The van der Waals surface area contributed by atoms with Crippen molar-refractivity contribution < 1.29 is 9.13 Å². The Morgan fingerprint density at radius 3 is 2.65 bits per heavy atom. The minimum Gasteiger partial charge on any atom is -0.493 e. The van der Waals surface area contributed by atoms with Crippen LogP contribution in [-0.2, 0) is 0 Å². The van der Waals surface area contributed by atoms with E-state index in [2.05, 4.69) is 5.32 Å². The Morgan fingerprint density at radius 1 is 1.18 bits per heavy atom. The molecule has 0 amide bonds. The standard InChI is InChI=1S/C14H22FNO/c1-12-11-13(15)7-8-14(12)17-10-6-4-3-5-9-16-2/h7-8,11,16H,3-6,9-10H2,1-2H3. The molecule has 0 heterocycles. The van der Waals surface area contributed by atoms with Gasteiger partial charge in [-0.15, -0.1) is 0 Å². The van der Waals surface area contributed by atoms with Crippen molar-refractivity contribution in [3.8, 4) is 5.75 Å². The summed E-state index contributed by atoms with van der Waals surface area (Å²) < 4.78 is 18.5. The second-order valence-electron chi connectivity index (χ2n) is 4.28. The largest absolute Gasteiger partial charge is 0.493 e. The van der Waals surface area contributed by atoms with E-state index in [1.54, 1.807) is 6.07 Å². The molecule has 3 heteroatoms. The van der Waals surface area contributed by atoms with Gasteiger partial charge < -0.3 is 10.1 Å². The highest BCUT2D eigenvalue weighted by Crippen LogP contribution is 2.18. The molecule has 0 bridgehead atoms. The van der Waals surface area contributed by atoms with Crippen LogP contribution >= 0.6 is 0 Å². The molecule has 0 aliphatic heterocycles. The van der Waals surface area contributed by atoms with Crippen molar-refractivity contribution in [2.24, 2.45) is 0 Å². The Bertz CT molecular complexity index is 328. The molecule has 0 saturated heterocycles. The molecule has 0 aliphatic carbocycles. The van der Waals surface area contributed by atoms with Gasteiger partial charge in [0.15, 0.2) is 0 Å². The summed E-state index contributed by atoms with van der Waals surface area (Å²) in [4.78, 5) is 0. The van der Waals surface area contributed by atoms with Crippen LogP contribution in [0.15, 0.2) is 18.2 Å². The van der Waals surface area contributed by atoms with E-state index in [1.165, 1.54) is 31.4 Å². The first-order valence-corrected chi connectivity index (χ1v) is 6.27. The zero-order valence-electron chi connectivity index (χ0n) is 10.8. The predicted molar refractivity (Wildman–Crippen MR) is 69.0 cm³/mol. The average molecular weight is 239 g/mol. The summed E-state index contributed by atoms with van der Waals surface area (Å²) >= 11 is 0. The van der Waals surface area contributed by atoms with Gasteiger partial charge in [0.2, 0.25) is 0 Å². The molecule has 0 aliphatic rings. The van der Waals surface area contributed by atoms with Gasteiger partial charge in [-0.2, -0.15) is 0 Å². The van der Waals surface area contributed by atoms with E-state index in [-0.39, 0.29) is 5.82 Å². The number of ether oxygens (including phenoxy) is 1. The molecule has 0 aromatic heterocycles.